The predicted molar refractivity (Wildman–Crippen MR) is 106 cm³/mol. The first-order valence-electron chi connectivity index (χ1n) is 9.12. The van der Waals surface area contributed by atoms with Crippen molar-refractivity contribution in [1.82, 2.24) is 10.2 Å². The molecule has 0 aromatic heterocycles. The van der Waals surface area contributed by atoms with Gasteiger partial charge in [-0.25, -0.2) is 0 Å². The second kappa shape index (κ2) is 9.88. The fourth-order valence-electron chi connectivity index (χ4n) is 3.13. The maximum atomic E-state index is 12.7. The summed E-state index contributed by atoms with van der Waals surface area (Å²) in [6.07, 6.45) is 8.56. The van der Waals surface area contributed by atoms with Crippen LogP contribution in [0.3, 0.4) is 0 Å². The second-order valence-electron chi connectivity index (χ2n) is 6.53. The molecule has 0 aliphatic heterocycles. The number of nitrogens with zero attached hydrogens (tertiary/aromatic N) is 1. The van der Waals surface area contributed by atoms with Gasteiger partial charge in [0.25, 0.3) is 0 Å². The first-order chi connectivity index (χ1) is 12.6. The Labute approximate surface area is 156 Å². The smallest absolute Gasteiger partial charge is 0.227 e. The molecule has 1 aliphatic rings. The lowest BCUT2D eigenvalue weighted by atomic mass is 9.90. The number of carbonyl (C=O) groups excluding carboxylic acids is 2. The SMILES string of the molecule is C=CCN(CC)CC1=CC=CCC1C(=O)NCC(=O)c1ccccc1C. The number of hydrogen-bond donors (Lipinski definition) is 1. The van der Waals surface area contributed by atoms with Crippen molar-refractivity contribution in [3.05, 3.63) is 71.8 Å². The molecule has 1 amide bonds. The minimum absolute atomic E-state index is 0.0291. The summed E-state index contributed by atoms with van der Waals surface area (Å²) in [4.78, 5) is 27.3. The Kier molecular flexibility index (Phi) is 7.54. The highest BCUT2D eigenvalue weighted by Gasteiger charge is 2.24. The molecule has 0 spiro atoms. The highest BCUT2D eigenvalue weighted by Crippen LogP contribution is 2.22. The molecule has 1 unspecified atom stereocenters. The summed E-state index contributed by atoms with van der Waals surface area (Å²) in [6, 6.07) is 7.44. The van der Waals surface area contributed by atoms with Crippen LogP contribution in [0, 0.1) is 12.8 Å². The number of carbonyl (C=O) groups is 2. The molecule has 138 valence electrons. The molecule has 1 atom stereocenters. The van der Waals surface area contributed by atoms with E-state index in [1.807, 2.05) is 49.4 Å². The lowest BCUT2D eigenvalue weighted by molar-refractivity contribution is -0.123. The van der Waals surface area contributed by atoms with Crippen LogP contribution in [-0.4, -0.2) is 42.8 Å². The molecule has 0 bridgehead atoms. The quantitative estimate of drug-likeness (QED) is 0.548. The average molecular weight is 352 g/mol. The lowest BCUT2D eigenvalue weighted by Gasteiger charge is -2.26. The van der Waals surface area contributed by atoms with Gasteiger partial charge < -0.3 is 5.32 Å². The van der Waals surface area contributed by atoms with Crippen molar-refractivity contribution < 1.29 is 9.59 Å². The van der Waals surface area contributed by atoms with E-state index in [9.17, 15) is 9.59 Å². The molecule has 0 saturated heterocycles. The Balaban J connectivity index is 1.98. The van der Waals surface area contributed by atoms with E-state index in [1.165, 1.54) is 0 Å². The van der Waals surface area contributed by atoms with Crippen molar-refractivity contribution in [2.75, 3.05) is 26.2 Å². The Morgan fingerprint density at radius 3 is 2.81 bits per heavy atom. The van der Waals surface area contributed by atoms with Crippen LogP contribution in [-0.2, 0) is 4.79 Å². The molecule has 0 heterocycles. The van der Waals surface area contributed by atoms with Crippen LogP contribution in [0.4, 0.5) is 0 Å². The zero-order chi connectivity index (χ0) is 18.9. The zero-order valence-corrected chi connectivity index (χ0v) is 15.7. The summed E-state index contributed by atoms with van der Waals surface area (Å²) >= 11 is 0. The van der Waals surface area contributed by atoms with E-state index in [1.54, 1.807) is 6.07 Å². The number of ketones is 1. The Hall–Kier alpha value is -2.46. The minimum atomic E-state index is -0.219. The van der Waals surface area contributed by atoms with Crippen LogP contribution in [0.25, 0.3) is 0 Å². The molecule has 0 fully saturated rings. The zero-order valence-electron chi connectivity index (χ0n) is 15.7. The maximum Gasteiger partial charge on any atom is 0.227 e. The monoisotopic (exact) mass is 352 g/mol. The van der Waals surface area contributed by atoms with Gasteiger partial charge in [0.05, 0.1) is 12.5 Å². The third-order valence-corrected chi connectivity index (χ3v) is 4.69. The normalized spacial score (nSPS) is 16.3. The molecule has 1 aromatic rings. The van der Waals surface area contributed by atoms with Crippen LogP contribution in [0.5, 0.6) is 0 Å². The van der Waals surface area contributed by atoms with Gasteiger partial charge in [-0.15, -0.1) is 6.58 Å². The van der Waals surface area contributed by atoms with Crippen LogP contribution in [0.1, 0.15) is 29.3 Å². The summed E-state index contributed by atoms with van der Waals surface area (Å²) in [5.41, 5.74) is 2.67. The van der Waals surface area contributed by atoms with E-state index in [0.29, 0.717) is 12.0 Å². The van der Waals surface area contributed by atoms with Crippen molar-refractivity contribution >= 4 is 11.7 Å². The largest absolute Gasteiger partial charge is 0.348 e. The number of Topliss-reactive ketones (excluding diaryl/α,β-unsaturated/α-hetero) is 1. The molecule has 0 radical (unpaired) electrons. The van der Waals surface area contributed by atoms with E-state index >= 15 is 0 Å². The van der Waals surface area contributed by atoms with Gasteiger partial charge in [-0.3, -0.25) is 14.5 Å². The van der Waals surface area contributed by atoms with Crippen molar-refractivity contribution in [2.45, 2.75) is 20.3 Å². The summed E-state index contributed by atoms with van der Waals surface area (Å²) < 4.78 is 0. The van der Waals surface area contributed by atoms with Crippen LogP contribution in [0.2, 0.25) is 0 Å². The average Bonchev–Trinajstić information content (AvgIpc) is 2.66. The molecule has 1 N–H and O–H groups in total. The van der Waals surface area contributed by atoms with Gasteiger partial charge >= 0.3 is 0 Å². The number of benzene rings is 1. The van der Waals surface area contributed by atoms with Gasteiger partial charge in [0.15, 0.2) is 5.78 Å². The Morgan fingerprint density at radius 1 is 1.35 bits per heavy atom. The summed E-state index contributed by atoms with van der Waals surface area (Å²) in [7, 11) is 0. The van der Waals surface area contributed by atoms with Crippen molar-refractivity contribution in [2.24, 2.45) is 5.92 Å². The molecule has 0 saturated carbocycles. The maximum absolute atomic E-state index is 12.7. The second-order valence-corrected chi connectivity index (χ2v) is 6.53. The molecule has 1 aliphatic carbocycles. The minimum Gasteiger partial charge on any atom is -0.348 e. The first kappa shape index (κ1) is 19.9. The van der Waals surface area contributed by atoms with Crippen molar-refractivity contribution in [3.63, 3.8) is 0 Å². The van der Waals surface area contributed by atoms with Gasteiger partial charge in [0.2, 0.25) is 5.91 Å². The standard InChI is InChI=1S/C22H28N2O2/c1-4-14-24(5-2)16-18-11-7-9-13-20(18)22(26)23-15-21(25)19-12-8-6-10-17(19)3/h4,6-12,20H,1,5,13-16H2,2-3H3,(H,23,26). The van der Waals surface area contributed by atoms with E-state index in [-0.39, 0.29) is 24.2 Å². The molecular formula is C22H28N2O2. The van der Waals surface area contributed by atoms with E-state index in [4.69, 9.17) is 0 Å². The summed E-state index contributed by atoms with van der Waals surface area (Å²) in [5, 5.41) is 2.83. The highest BCUT2D eigenvalue weighted by molar-refractivity contribution is 6.00. The van der Waals surface area contributed by atoms with Gasteiger partial charge in [0.1, 0.15) is 0 Å². The number of amides is 1. The van der Waals surface area contributed by atoms with E-state index in [2.05, 4.69) is 23.7 Å². The van der Waals surface area contributed by atoms with Crippen LogP contribution >= 0.6 is 0 Å². The fourth-order valence-corrected chi connectivity index (χ4v) is 3.13. The lowest BCUT2D eigenvalue weighted by Crippen LogP contribution is -2.38. The Bertz CT molecular complexity index is 719. The Morgan fingerprint density at radius 2 is 2.12 bits per heavy atom. The number of aryl methyl sites for hydroxylation is 1. The molecule has 4 nitrogen and oxygen atoms in total. The molecule has 1 aromatic carbocycles. The third kappa shape index (κ3) is 5.27. The summed E-state index contributed by atoms with van der Waals surface area (Å²) in [6.45, 7) is 10.2. The number of nitrogens with one attached hydrogen (secondary N) is 1. The van der Waals surface area contributed by atoms with Crippen LogP contribution < -0.4 is 5.32 Å². The van der Waals surface area contributed by atoms with Gasteiger partial charge in [-0.05, 0) is 31.0 Å². The molecular weight excluding hydrogens is 324 g/mol. The molecule has 4 heteroatoms. The number of likely N-dealkylation sites (N-methyl/N-ethyl adjacent to an activating group) is 1. The number of rotatable bonds is 9. The van der Waals surface area contributed by atoms with Gasteiger partial charge in [-0.2, -0.15) is 0 Å². The van der Waals surface area contributed by atoms with E-state index < -0.39 is 0 Å². The molecule has 2 rings (SSSR count). The fraction of sp³-hybridized carbons (Fsp3) is 0.364. The number of allylic oxidation sites excluding steroid dienone is 3. The van der Waals surface area contributed by atoms with Crippen molar-refractivity contribution in [3.8, 4) is 0 Å². The van der Waals surface area contributed by atoms with Crippen LogP contribution in [0.15, 0.2) is 60.7 Å². The predicted octanol–water partition coefficient (Wildman–Crippen LogP) is 3.30. The van der Waals surface area contributed by atoms with E-state index in [0.717, 1.165) is 30.8 Å². The highest BCUT2D eigenvalue weighted by atomic mass is 16.2. The van der Waals surface area contributed by atoms with Gasteiger partial charge in [0, 0.05) is 18.7 Å². The van der Waals surface area contributed by atoms with Crippen molar-refractivity contribution in [1.29, 1.82) is 0 Å². The van der Waals surface area contributed by atoms with Gasteiger partial charge in [-0.1, -0.05) is 55.5 Å². The number of hydrogen-bond acceptors (Lipinski definition) is 3. The topological polar surface area (TPSA) is 49.4 Å². The molecule has 26 heavy (non-hydrogen) atoms. The first-order valence-corrected chi connectivity index (χ1v) is 9.12. The third-order valence-electron chi connectivity index (χ3n) is 4.69. The summed E-state index contributed by atoms with van der Waals surface area (Å²) in [5.74, 6) is -0.365.